The number of nitrogens with zero attached hydrogens (tertiary/aromatic N) is 3. The van der Waals surface area contributed by atoms with Gasteiger partial charge in [0.25, 0.3) is 0 Å². The SMILES string of the molecule is NCc1nc2ncc(-c3ccccc3)cc2n1O. The molecule has 0 radical (unpaired) electrons. The molecular weight excluding hydrogens is 228 g/mol. The van der Waals surface area contributed by atoms with Gasteiger partial charge in [0.05, 0.1) is 6.54 Å². The molecule has 3 rings (SSSR count). The van der Waals surface area contributed by atoms with Crippen LogP contribution in [0.2, 0.25) is 0 Å². The molecule has 0 aliphatic rings. The van der Waals surface area contributed by atoms with Crippen molar-refractivity contribution in [3.05, 3.63) is 48.4 Å². The Morgan fingerprint density at radius 2 is 1.94 bits per heavy atom. The molecule has 5 heteroatoms. The second kappa shape index (κ2) is 4.12. The van der Waals surface area contributed by atoms with Crippen molar-refractivity contribution in [2.24, 2.45) is 5.73 Å². The van der Waals surface area contributed by atoms with Gasteiger partial charge in [-0.2, -0.15) is 4.73 Å². The van der Waals surface area contributed by atoms with E-state index >= 15 is 0 Å². The number of nitrogens with two attached hydrogens (primary N) is 1. The first-order valence-corrected chi connectivity index (χ1v) is 5.61. The molecule has 5 nitrogen and oxygen atoms in total. The maximum Gasteiger partial charge on any atom is 0.181 e. The van der Waals surface area contributed by atoms with Crippen LogP contribution in [0.5, 0.6) is 0 Å². The number of rotatable bonds is 2. The van der Waals surface area contributed by atoms with E-state index in [-0.39, 0.29) is 6.54 Å². The van der Waals surface area contributed by atoms with Crippen LogP contribution in [0.4, 0.5) is 0 Å². The first-order valence-electron chi connectivity index (χ1n) is 5.61. The summed E-state index contributed by atoms with van der Waals surface area (Å²) in [4.78, 5) is 8.38. The van der Waals surface area contributed by atoms with E-state index in [0.29, 0.717) is 17.0 Å². The van der Waals surface area contributed by atoms with Crippen LogP contribution in [-0.2, 0) is 6.54 Å². The van der Waals surface area contributed by atoms with Crippen molar-refractivity contribution in [2.75, 3.05) is 0 Å². The minimum atomic E-state index is 0.174. The Morgan fingerprint density at radius 1 is 1.17 bits per heavy atom. The zero-order chi connectivity index (χ0) is 12.5. The molecule has 0 atom stereocenters. The highest BCUT2D eigenvalue weighted by Crippen LogP contribution is 2.22. The van der Waals surface area contributed by atoms with Crippen molar-refractivity contribution in [3.63, 3.8) is 0 Å². The molecule has 0 aliphatic heterocycles. The van der Waals surface area contributed by atoms with Gasteiger partial charge in [0.15, 0.2) is 11.5 Å². The first-order chi connectivity index (χ1) is 8.79. The fourth-order valence-electron chi connectivity index (χ4n) is 1.92. The number of pyridine rings is 1. The zero-order valence-corrected chi connectivity index (χ0v) is 9.61. The number of hydrogen-bond donors (Lipinski definition) is 2. The van der Waals surface area contributed by atoms with Gasteiger partial charge in [0.1, 0.15) is 5.52 Å². The van der Waals surface area contributed by atoms with Gasteiger partial charge >= 0.3 is 0 Å². The van der Waals surface area contributed by atoms with Crippen LogP contribution >= 0.6 is 0 Å². The minimum Gasteiger partial charge on any atom is -0.427 e. The highest BCUT2D eigenvalue weighted by Gasteiger charge is 2.10. The predicted octanol–water partition coefficient (Wildman–Crippen LogP) is 1.79. The van der Waals surface area contributed by atoms with Gasteiger partial charge in [-0.25, -0.2) is 9.97 Å². The monoisotopic (exact) mass is 240 g/mol. The molecule has 2 aromatic heterocycles. The van der Waals surface area contributed by atoms with Crippen molar-refractivity contribution in [1.82, 2.24) is 14.7 Å². The van der Waals surface area contributed by atoms with E-state index < -0.39 is 0 Å². The summed E-state index contributed by atoms with van der Waals surface area (Å²) < 4.78 is 0.995. The third kappa shape index (κ3) is 1.61. The first kappa shape index (κ1) is 10.7. The molecule has 18 heavy (non-hydrogen) atoms. The lowest BCUT2D eigenvalue weighted by Gasteiger charge is -2.01. The third-order valence-electron chi connectivity index (χ3n) is 2.84. The van der Waals surface area contributed by atoms with Crippen LogP contribution in [-0.4, -0.2) is 19.9 Å². The lowest BCUT2D eigenvalue weighted by Crippen LogP contribution is -2.05. The van der Waals surface area contributed by atoms with Crippen LogP contribution in [0.25, 0.3) is 22.3 Å². The molecule has 1 aromatic carbocycles. The number of fused-ring (bicyclic) bond motifs is 1. The summed E-state index contributed by atoms with van der Waals surface area (Å²) in [5, 5.41) is 9.90. The molecule has 0 saturated heterocycles. The molecule has 0 aliphatic carbocycles. The van der Waals surface area contributed by atoms with E-state index in [1.54, 1.807) is 6.20 Å². The van der Waals surface area contributed by atoms with Crippen LogP contribution < -0.4 is 5.73 Å². The minimum absolute atomic E-state index is 0.174. The maximum atomic E-state index is 9.90. The molecule has 0 amide bonds. The van der Waals surface area contributed by atoms with Gasteiger partial charge in [-0.05, 0) is 11.6 Å². The summed E-state index contributed by atoms with van der Waals surface area (Å²) in [6.45, 7) is 0.174. The molecule has 2 heterocycles. The normalized spacial score (nSPS) is 10.9. The van der Waals surface area contributed by atoms with Gasteiger partial charge in [0.2, 0.25) is 0 Å². The predicted molar refractivity (Wildman–Crippen MR) is 68.0 cm³/mol. The highest BCUT2D eigenvalue weighted by atomic mass is 16.5. The van der Waals surface area contributed by atoms with Crippen LogP contribution in [0.3, 0.4) is 0 Å². The van der Waals surface area contributed by atoms with E-state index in [0.717, 1.165) is 15.9 Å². The highest BCUT2D eigenvalue weighted by molar-refractivity contribution is 5.78. The van der Waals surface area contributed by atoms with Crippen LogP contribution in [0, 0.1) is 0 Å². The van der Waals surface area contributed by atoms with Crippen LogP contribution in [0.1, 0.15) is 5.82 Å². The Morgan fingerprint density at radius 3 is 2.67 bits per heavy atom. The summed E-state index contributed by atoms with van der Waals surface area (Å²) >= 11 is 0. The summed E-state index contributed by atoms with van der Waals surface area (Å²) in [7, 11) is 0. The fraction of sp³-hybridized carbons (Fsp3) is 0.0769. The largest absolute Gasteiger partial charge is 0.427 e. The van der Waals surface area contributed by atoms with Crippen molar-refractivity contribution in [1.29, 1.82) is 0 Å². The number of hydrogen-bond acceptors (Lipinski definition) is 4. The second-order valence-corrected chi connectivity index (χ2v) is 3.98. The molecule has 3 aromatic rings. The summed E-state index contributed by atoms with van der Waals surface area (Å²) in [6.07, 6.45) is 1.74. The Bertz CT molecular complexity index is 691. The Hall–Kier alpha value is -2.40. The fourth-order valence-corrected chi connectivity index (χ4v) is 1.92. The van der Waals surface area contributed by atoms with Gasteiger partial charge in [0, 0.05) is 11.8 Å². The lowest BCUT2D eigenvalue weighted by atomic mass is 10.1. The summed E-state index contributed by atoms with van der Waals surface area (Å²) in [5.41, 5.74) is 8.53. The van der Waals surface area contributed by atoms with Crippen molar-refractivity contribution in [3.8, 4) is 11.1 Å². The summed E-state index contributed by atoms with van der Waals surface area (Å²) in [6, 6.07) is 11.7. The lowest BCUT2D eigenvalue weighted by molar-refractivity contribution is 0.188. The number of aromatic nitrogens is 3. The molecule has 3 N–H and O–H groups in total. The van der Waals surface area contributed by atoms with E-state index in [1.807, 2.05) is 36.4 Å². The second-order valence-electron chi connectivity index (χ2n) is 3.98. The van der Waals surface area contributed by atoms with Gasteiger partial charge in [-0.15, -0.1) is 0 Å². The third-order valence-corrected chi connectivity index (χ3v) is 2.84. The quantitative estimate of drug-likeness (QED) is 0.669. The molecule has 90 valence electrons. The van der Waals surface area contributed by atoms with E-state index in [4.69, 9.17) is 5.73 Å². The number of imidazole rings is 1. The zero-order valence-electron chi connectivity index (χ0n) is 9.61. The van der Waals surface area contributed by atoms with Gasteiger partial charge in [-0.1, -0.05) is 30.3 Å². The Balaban J connectivity index is 2.19. The summed E-state index contributed by atoms with van der Waals surface area (Å²) in [5.74, 6) is 0.405. The average molecular weight is 240 g/mol. The average Bonchev–Trinajstić information content (AvgIpc) is 2.76. The Labute approximate surface area is 103 Å². The van der Waals surface area contributed by atoms with E-state index in [2.05, 4.69) is 9.97 Å². The van der Waals surface area contributed by atoms with Crippen molar-refractivity contribution < 1.29 is 5.21 Å². The Kier molecular flexibility index (Phi) is 2.46. The molecule has 0 fully saturated rings. The topological polar surface area (TPSA) is 77.0 Å². The number of benzene rings is 1. The van der Waals surface area contributed by atoms with Gasteiger partial charge < -0.3 is 10.9 Å². The smallest absolute Gasteiger partial charge is 0.181 e. The molecule has 0 unspecified atom stereocenters. The van der Waals surface area contributed by atoms with Crippen molar-refractivity contribution >= 4 is 11.2 Å². The van der Waals surface area contributed by atoms with Gasteiger partial charge in [-0.3, -0.25) is 0 Å². The van der Waals surface area contributed by atoms with E-state index in [1.165, 1.54) is 0 Å². The van der Waals surface area contributed by atoms with Crippen LogP contribution in [0.15, 0.2) is 42.6 Å². The molecular formula is C13H12N4O. The van der Waals surface area contributed by atoms with E-state index in [9.17, 15) is 5.21 Å². The molecule has 0 spiro atoms. The van der Waals surface area contributed by atoms with Crippen molar-refractivity contribution in [2.45, 2.75) is 6.54 Å². The molecule has 0 bridgehead atoms. The standard InChI is InChI=1S/C13H12N4O/c14-7-12-16-13-11(17(12)18)6-10(8-15-13)9-4-2-1-3-5-9/h1-6,8,18H,7,14H2. The molecule has 0 saturated carbocycles. The maximum absolute atomic E-state index is 9.90.